The molecule has 1 aliphatic rings. The van der Waals surface area contributed by atoms with Gasteiger partial charge in [0.2, 0.25) is 5.91 Å². The molecule has 1 saturated heterocycles. The lowest BCUT2D eigenvalue weighted by molar-refractivity contribution is -0.133. The third kappa shape index (κ3) is 3.05. The van der Waals surface area contributed by atoms with Crippen LogP contribution in [0.5, 0.6) is 0 Å². The predicted octanol–water partition coefficient (Wildman–Crippen LogP) is 1.49. The highest BCUT2D eigenvalue weighted by Crippen LogP contribution is 2.21. The summed E-state index contributed by atoms with van der Waals surface area (Å²) in [5.74, 6) is 0.694. The highest BCUT2D eigenvalue weighted by molar-refractivity contribution is 5.76. The van der Waals surface area contributed by atoms with Crippen LogP contribution >= 0.6 is 0 Å². The molecule has 17 heavy (non-hydrogen) atoms. The van der Waals surface area contributed by atoms with Gasteiger partial charge < -0.3 is 4.90 Å². The molecule has 5 heteroatoms. The normalized spacial score (nSPS) is 20.9. The maximum Gasteiger partial charge on any atom is 0.222 e. The SMILES string of the molecule is CC(C)CC(=O)N1CCCC(n2cncn2)C1. The number of carbonyl (C=O) groups is 1. The van der Waals surface area contributed by atoms with E-state index >= 15 is 0 Å². The molecule has 0 spiro atoms. The molecular weight excluding hydrogens is 216 g/mol. The molecule has 0 N–H and O–H groups in total. The maximum atomic E-state index is 12.0. The van der Waals surface area contributed by atoms with Crippen LogP contribution in [-0.2, 0) is 4.79 Å². The molecular formula is C12H20N4O. The smallest absolute Gasteiger partial charge is 0.222 e. The lowest BCUT2D eigenvalue weighted by Gasteiger charge is -2.33. The molecule has 1 fully saturated rings. The third-order valence-electron chi connectivity index (χ3n) is 3.14. The number of nitrogens with zero attached hydrogens (tertiary/aromatic N) is 4. The largest absolute Gasteiger partial charge is 0.341 e. The minimum Gasteiger partial charge on any atom is -0.341 e. The van der Waals surface area contributed by atoms with Crippen molar-refractivity contribution in [2.75, 3.05) is 13.1 Å². The minimum absolute atomic E-state index is 0.268. The number of piperidine rings is 1. The van der Waals surface area contributed by atoms with Crippen molar-refractivity contribution in [3.05, 3.63) is 12.7 Å². The van der Waals surface area contributed by atoms with Gasteiger partial charge in [0.05, 0.1) is 6.04 Å². The Labute approximate surface area is 102 Å². The van der Waals surface area contributed by atoms with Crippen LogP contribution < -0.4 is 0 Å². The van der Waals surface area contributed by atoms with Gasteiger partial charge in [-0.25, -0.2) is 9.67 Å². The molecule has 1 aromatic heterocycles. The number of rotatable bonds is 3. The first-order chi connectivity index (χ1) is 8.16. The summed E-state index contributed by atoms with van der Waals surface area (Å²) in [5.41, 5.74) is 0. The van der Waals surface area contributed by atoms with E-state index in [-0.39, 0.29) is 5.91 Å². The zero-order chi connectivity index (χ0) is 12.3. The second kappa shape index (κ2) is 5.29. The zero-order valence-corrected chi connectivity index (χ0v) is 10.5. The van der Waals surface area contributed by atoms with Crippen molar-refractivity contribution in [2.24, 2.45) is 5.92 Å². The van der Waals surface area contributed by atoms with Crippen molar-refractivity contribution in [3.63, 3.8) is 0 Å². The maximum absolute atomic E-state index is 12.0. The minimum atomic E-state index is 0.268. The van der Waals surface area contributed by atoms with Crippen LogP contribution in [-0.4, -0.2) is 38.7 Å². The van der Waals surface area contributed by atoms with Crippen molar-refractivity contribution in [1.29, 1.82) is 0 Å². The Kier molecular flexibility index (Phi) is 3.76. The first-order valence-electron chi connectivity index (χ1n) is 6.28. The Morgan fingerprint density at radius 3 is 3.00 bits per heavy atom. The Bertz CT molecular complexity index is 361. The van der Waals surface area contributed by atoms with Gasteiger partial charge in [-0.05, 0) is 18.8 Å². The standard InChI is InChI=1S/C12H20N4O/c1-10(2)6-12(17)15-5-3-4-11(7-15)16-9-13-8-14-16/h8-11H,3-7H2,1-2H3. The van der Waals surface area contributed by atoms with E-state index in [4.69, 9.17) is 0 Å². The van der Waals surface area contributed by atoms with Crippen molar-refractivity contribution in [2.45, 2.75) is 39.2 Å². The van der Waals surface area contributed by atoms with Crippen molar-refractivity contribution < 1.29 is 4.79 Å². The Hall–Kier alpha value is -1.39. The van der Waals surface area contributed by atoms with Crippen molar-refractivity contribution in [3.8, 4) is 0 Å². The molecule has 1 atom stereocenters. The van der Waals surface area contributed by atoms with E-state index in [1.807, 2.05) is 9.58 Å². The van der Waals surface area contributed by atoms with Crippen LogP contribution in [0.2, 0.25) is 0 Å². The molecule has 1 aromatic rings. The summed E-state index contributed by atoms with van der Waals surface area (Å²) in [6.07, 6.45) is 6.06. The summed E-state index contributed by atoms with van der Waals surface area (Å²) < 4.78 is 1.87. The first kappa shape index (κ1) is 12.1. The Morgan fingerprint density at radius 2 is 2.35 bits per heavy atom. The molecule has 0 aromatic carbocycles. The van der Waals surface area contributed by atoms with Crippen LogP contribution in [0.15, 0.2) is 12.7 Å². The molecule has 0 radical (unpaired) electrons. The summed E-state index contributed by atoms with van der Waals surface area (Å²) in [7, 11) is 0. The summed E-state index contributed by atoms with van der Waals surface area (Å²) in [6.45, 7) is 5.82. The quantitative estimate of drug-likeness (QED) is 0.799. The highest BCUT2D eigenvalue weighted by atomic mass is 16.2. The fraction of sp³-hybridized carbons (Fsp3) is 0.750. The summed E-state index contributed by atoms with van der Waals surface area (Å²) in [4.78, 5) is 17.9. The molecule has 2 rings (SSSR count). The predicted molar refractivity (Wildman–Crippen MR) is 64.3 cm³/mol. The fourth-order valence-electron chi connectivity index (χ4n) is 2.28. The monoisotopic (exact) mass is 236 g/mol. The van der Waals surface area contributed by atoms with E-state index in [1.165, 1.54) is 0 Å². The molecule has 2 heterocycles. The van der Waals surface area contributed by atoms with E-state index in [0.717, 1.165) is 25.9 Å². The Morgan fingerprint density at radius 1 is 1.53 bits per heavy atom. The van der Waals surface area contributed by atoms with Gasteiger partial charge in [-0.2, -0.15) is 5.10 Å². The van der Waals surface area contributed by atoms with Gasteiger partial charge in [0.25, 0.3) is 0 Å². The lowest BCUT2D eigenvalue weighted by Crippen LogP contribution is -2.41. The van der Waals surface area contributed by atoms with Gasteiger partial charge >= 0.3 is 0 Å². The van der Waals surface area contributed by atoms with Gasteiger partial charge in [0.1, 0.15) is 12.7 Å². The van der Waals surface area contributed by atoms with Crippen LogP contribution in [0.4, 0.5) is 0 Å². The van der Waals surface area contributed by atoms with Gasteiger partial charge in [-0.1, -0.05) is 13.8 Å². The summed E-state index contributed by atoms with van der Waals surface area (Å²) in [6, 6.07) is 0.294. The third-order valence-corrected chi connectivity index (χ3v) is 3.14. The van der Waals surface area contributed by atoms with E-state index < -0.39 is 0 Å². The molecule has 5 nitrogen and oxygen atoms in total. The van der Waals surface area contributed by atoms with Gasteiger partial charge in [-0.3, -0.25) is 4.79 Å². The highest BCUT2D eigenvalue weighted by Gasteiger charge is 2.25. The van der Waals surface area contributed by atoms with Crippen LogP contribution in [0.3, 0.4) is 0 Å². The van der Waals surface area contributed by atoms with Crippen molar-refractivity contribution in [1.82, 2.24) is 19.7 Å². The van der Waals surface area contributed by atoms with Gasteiger partial charge in [-0.15, -0.1) is 0 Å². The van der Waals surface area contributed by atoms with Gasteiger partial charge in [0, 0.05) is 19.5 Å². The average molecular weight is 236 g/mol. The number of carbonyl (C=O) groups excluding carboxylic acids is 1. The van der Waals surface area contributed by atoms with E-state index in [9.17, 15) is 4.79 Å². The number of amides is 1. The number of aromatic nitrogens is 3. The fourth-order valence-corrected chi connectivity index (χ4v) is 2.28. The second-order valence-corrected chi connectivity index (χ2v) is 5.11. The topological polar surface area (TPSA) is 51.0 Å². The lowest BCUT2D eigenvalue weighted by atomic mass is 10.0. The molecule has 1 amide bonds. The molecule has 0 aliphatic carbocycles. The molecule has 0 saturated carbocycles. The van der Waals surface area contributed by atoms with E-state index in [2.05, 4.69) is 23.9 Å². The molecule has 0 bridgehead atoms. The second-order valence-electron chi connectivity index (χ2n) is 5.11. The Balaban J connectivity index is 1.95. The number of hydrogen-bond acceptors (Lipinski definition) is 3. The van der Waals surface area contributed by atoms with E-state index in [1.54, 1.807) is 12.7 Å². The zero-order valence-electron chi connectivity index (χ0n) is 10.5. The first-order valence-corrected chi connectivity index (χ1v) is 6.28. The van der Waals surface area contributed by atoms with Crippen LogP contribution in [0.25, 0.3) is 0 Å². The summed E-state index contributed by atoms with van der Waals surface area (Å²) >= 11 is 0. The average Bonchev–Trinajstić information content (AvgIpc) is 2.82. The van der Waals surface area contributed by atoms with Crippen LogP contribution in [0.1, 0.15) is 39.2 Å². The van der Waals surface area contributed by atoms with E-state index in [0.29, 0.717) is 18.4 Å². The van der Waals surface area contributed by atoms with Crippen LogP contribution in [0, 0.1) is 5.92 Å². The van der Waals surface area contributed by atoms with Gasteiger partial charge in [0.15, 0.2) is 0 Å². The number of hydrogen-bond donors (Lipinski definition) is 0. The van der Waals surface area contributed by atoms with Crippen molar-refractivity contribution >= 4 is 5.91 Å². The molecule has 94 valence electrons. The number of likely N-dealkylation sites (tertiary alicyclic amines) is 1. The molecule has 1 aliphatic heterocycles. The summed E-state index contributed by atoms with van der Waals surface area (Å²) in [5, 5.41) is 4.16. The molecule has 1 unspecified atom stereocenters.